The van der Waals surface area contributed by atoms with Crippen molar-refractivity contribution in [1.29, 1.82) is 0 Å². The summed E-state index contributed by atoms with van der Waals surface area (Å²) in [5.41, 5.74) is 3.14. The van der Waals surface area contributed by atoms with Crippen LogP contribution in [0.2, 0.25) is 0 Å². The fourth-order valence-corrected chi connectivity index (χ4v) is 2.14. The maximum Gasteiger partial charge on any atom is 0.0713 e. The molecule has 0 saturated heterocycles. The molecule has 0 radical (unpaired) electrons. The molecule has 1 aromatic carbocycles. The maximum atomic E-state index is 5.15. The first-order chi connectivity index (χ1) is 8.14. The zero-order valence-corrected chi connectivity index (χ0v) is 11.1. The summed E-state index contributed by atoms with van der Waals surface area (Å²) in [4.78, 5) is 0. The van der Waals surface area contributed by atoms with E-state index in [1.165, 1.54) is 24.0 Å². The molecule has 0 heterocycles. The molecule has 1 unspecified atom stereocenters. The van der Waals surface area contributed by atoms with E-state index in [9.17, 15) is 0 Å². The summed E-state index contributed by atoms with van der Waals surface area (Å²) in [5, 5.41) is 3.63. The highest BCUT2D eigenvalue weighted by molar-refractivity contribution is 5.23. The van der Waals surface area contributed by atoms with Crippen molar-refractivity contribution in [3.05, 3.63) is 35.4 Å². The van der Waals surface area contributed by atoms with Crippen molar-refractivity contribution in [3.8, 4) is 0 Å². The Morgan fingerprint density at radius 2 is 2.06 bits per heavy atom. The first-order valence-electron chi connectivity index (χ1n) is 6.44. The summed E-state index contributed by atoms with van der Waals surface area (Å²) in [5.74, 6) is 0. The molecule has 1 saturated carbocycles. The van der Waals surface area contributed by atoms with Gasteiger partial charge in [0.25, 0.3) is 0 Å². The standard InChI is InChI=1S/C15H23NO/c1-12(15(2)7-8-15)16-10-13-5-4-6-14(9-13)11-17-3/h4-6,9,12,16H,7-8,10-11H2,1-3H3. The summed E-state index contributed by atoms with van der Waals surface area (Å²) < 4.78 is 5.15. The minimum atomic E-state index is 0.546. The van der Waals surface area contributed by atoms with E-state index < -0.39 is 0 Å². The largest absolute Gasteiger partial charge is 0.380 e. The van der Waals surface area contributed by atoms with Crippen LogP contribution < -0.4 is 5.32 Å². The number of hydrogen-bond acceptors (Lipinski definition) is 2. The topological polar surface area (TPSA) is 21.3 Å². The molecule has 2 heteroatoms. The highest BCUT2D eigenvalue weighted by atomic mass is 16.5. The molecule has 17 heavy (non-hydrogen) atoms. The lowest BCUT2D eigenvalue weighted by atomic mass is 10.0. The second kappa shape index (κ2) is 5.19. The molecule has 1 atom stereocenters. The molecule has 0 aliphatic heterocycles. The average Bonchev–Trinajstić information content (AvgIpc) is 3.07. The SMILES string of the molecule is COCc1cccc(CNC(C)C2(C)CC2)c1. The van der Waals surface area contributed by atoms with Crippen molar-refractivity contribution < 1.29 is 4.74 Å². The number of methoxy groups -OCH3 is 1. The van der Waals surface area contributed by atoms with Crippen molar-refractivity contribution in [3.63, 3.8) is 0 Å². The third kappa shape index (κ3) is 3.30. The summed E-state index contributed by atoms with van der Waals surface area (Å²) in [7, 11) is 1.74. The van der Waals surface area contributed by atoms with Gasteiger partial charge in [-0.05, 0) is 36.3 Å². The van der Waals surface area contributed by atoms with Gasteiger partial charge < -0.3 is 10.1 Å². The van der Waals surface area contributed by atoms with E-state index >= 15 is 0 Å². The van der Waals surface area contributed by atoms with E-state index in [4.69, 9.17) is 4.74 Å². The molecule has 1 aliphatic carbocycles. The number of benzene rings is 1. The van der Waals surface area contributed by atoms with E-state index in [2.05, 4.69) is 43.4 Å². The second-order valence-corrected chi connectivity index (χ2v) is 5.51. The van der Waals surface area contributed by atoms with E-state index in [0.717, 1.165) is 6.54 Å². The summed E-state index contributed by atoms with van der Waals surface area (Å²) in [6.07, 6.45) is 2.73. The predicted molar refractivity (Wildman–Crippen MR) is 70.8 cm³/mol. The molecule has 94 valence electrons. The van der Waals surface area contributed by atoms with Crippen LogP contribution in [0.15, 0.2) is 24.3 Å². The number of nitrogens with one attached hydrogen (secondary N) is 1. The molecule has 2 nitrogen and oxygen atoms in total. The van der Waals surface area contributed by atoms with Crippen molar-refractivity contribution in [1.82, 2.24) is 5.32 Å². The third-order valence-corrected chi connectivity index (χ3v) is 4.00. The zero-order valence-electron chi connectivity index (χ0n) is 11.1. The van der Waals surface area contributed by atoms with Crippen LogP contribution in [0.5, 0.6) is 0 Å². The van der Waals surface area contributed by atoms with E-state index in [0.29, 0.717) is 18.1 Å². The van der Waals surface area contributed by atoms with Gasteiger partial charge >= 0.3 is 0 Å². The van der Waals surface area contributed by atoms with Crippen molar-refractivity contribution in [2.75, 3.05) is 7.11 Å². The van der Waals surface area contributed by atoms with Crippen LogP contribution in [0, 0.1) is 5.41 Å². The van der Waals surface area contributed by atoms with Gasteiger partial charge in [-0.25, -0.2) is 0 Å². The predicted octanol–water partition coefficient (Wildman–Crippen LogP) is 3.11. The van der Waals surface area contributed by atoms with Gasteiger partial charge in [0.1, 0.15) is 0 Å². The number of rotatable bonds is 6. The van der Waals surface area contributed by atoms with Crippen LogP contribution in [0.25, 0.3) is 0 Å². The Kier molecular flexibility index (Phi) is 3.85. The normalized spacial score (nSPS) is 19.0. The fraction of sp³-hybridized carbons (Fsp3) is 0.600. The molecule has 1 N–H and O–H groups in total. The molecule has 0 bridgehead atoms. The summed E-state index contributed by atoms with van der Waals surface area (Å²) in [6, 6.07) is 9.22. The minimum absolute atomic E-state index is 0.546. The van der Waals surface area contributed by atoms with Crippen LogP contribution in [-0.4, -0.2) is 13.2 Å². The zero-order chi connectivity index (χ0) is 12.3. The van der Waals surface area contributed by atoms with Crippen LogP contribution in [0.4, 0.5) is 0 Å². The quantitative estimate of drug-likeness (QED) is 0.815. The fourth-order valence-electron chi connectivity index (χ4n) is 2.14. The molecule has 1 fully saturated rings. The summed E-state index contributed by atoms with van der Waals surface area (Å²) >= 11 is 0. The average molecular weight is 233 g/mol. The molecule has 0 spiro atoms. The lowest BCUT2D eigenvalue weighted by Gasteiger charge is -2.20. The molecule has 0 aromatic heterocycles. The molecule has 1 aliphatic rings. The van der Waals surface area contributed by atoms with Crippen molar-refractivity contribution >= 4 is 0 Å². The number of ether oxygens (including phenoxy) is 1. The van der Waals surface area contributed by atoms with E-state index in [-0.39, 0.29) is 0 Å². The Balaban J connectivity index is 1.87. The number of hydrogen-bond donors (Lipinski definition) is 1. The molecular formula is C15H23NO. The molecule has 2 rings (SSSR count). The Morgan fingerprint density at radius 3 is 2.71 bits per heavy atom. The first kappa shape index (κ1) is 12.6. The van der Waals surface area contributed by atoms with Crippen LogP contribution >= 0.6 is 0 Å². The lowest BCUT2D eigenvalue weighted by molar-refractivity contribution is 0.185. The third-order valence-electron chi connectivity index (χ3n) is 4.00. The van der Waals surface area contributed by atoms with Gasteiger partial charge in [0.15, 0.2) is 0 Å². The molecule has 0 amide bonds. The Morgan fingerprint density at radius 1 is 1.35 bits per heavy atom. The maximum absolute atomic E-state index is 5.15. The monoisotopic (exact) mass is 233 g/mol. The van der Waals surface area contributed by atoms with Gasteiger partial charge in [-0.2, -0.15) is 0 Å². The van der Waals surface area contributed by atoms with Gasteiger partial charge in [-0.15, -0.1) is 0 Å². The van der Waals surface area contributed by atoms with Gasteiger partial charge in [0.05, 0.1) is 6.61 Å². The summed E-state index contributed by atoms with van der Waals surface area (Å²) in [6.45, 7) is 6.31. The molecular weight excluding hydrogens is 210 g/mol. The highest BCUT2D eigenvalue weighted by Gasteiger charge is 2.42. The van der Waals surface area contributed by atoms with Gasteiger partial charge in [-0.3, -0.25) is 0 Å². The van der Waals surface area contributed by atoms with Crippen LogP contribution in [0.1, 0.15) is 37.8 Å². The van der Waals surface area contributed by atoms with Crippen molar-refractivity contribution in [2.24, 2.45) is 5.41 Å². The lowest BCUT2D eigenvalue weighted by Crippen LogP contribution is -2.32. The Bertz CT molecular complexity index is 371. The van der Waals surface area contributed by atoms with Gasteiger partial charge in [0.2, 0.25) is 0 Å². The van der Waals surface area contributed by atoms with E-state index in [1.54, 1.807) is 7.11 Å². The Hall–Kier alpha value is -0.860. The van der Waals surface area contributed by atoms with E-state index in [1.807, 2.05) is 0 Å². The second-order valence-electron chi connectivity index (χ2n) is 5.51. The van der Waals surface area contributed by atoms with Crippen LogP contribution in [0.3, 0.4) is 0 Å². The van der Waals surface area contributed by atoms with Crippen molar-refractivity contribution in [2.45, 2.75) is 45.9 Å². The smallest absolute Gasteiger partial charge is 0.0713 e. The molecule has 1 aromatic rings. The minimum Gasteiger partial charge on any atom is -0.380 e. The first-order valence-corrected chi connectivity index (χ1v) is 6.44. The van der Waals surface area contributed by atoms with Gasteiger partial charge in [0, 0.05) is 19.7 Å². The highest BCUT2D eigenvalue weighted by Crippen LogP contribution is 2.47. The van der Waals surface area contributed by atoms with Crippen LogP contribution in [-0.2, 0) is 17.9 Å². The van der Waals surface area contributed by atoms with Gasteiger partial charge in [-0.1, -0.05) is 31.2 Å². The Labute approximate surface area is 104 Å².